The lowest BCUT2D eigenvalue weighted by molar-refractivity contribution is 0.0950. The van der Waals surface area contributed by atoms with Gasteiger partial charge in [0.15, 0.2) is 0 Å². The maximum atomic E-state index is 12.1. The predicted molar refractivity (Wildman–Crippen MR) is 84.4 cm³/mol. The van der Waals surface area contributed by atoms with Gasteiger partial charge in [0.1, 0.15) is 0 Å². The lowest BCUT2D eigenvalue weighted by Crippen LogP contribution is -2.23. The van der Waals surface area contributed by atoms with Gasteiger partial charge in [-0.25, -0.2) is 0 Å². The van der Waals surface area contributed by atoms with E-state index in [-0.39, 0.29) is 5.91 Å². The monoisotopic (exact) mass is 391 g/mol. The van der Waals surface area contributed by atoms with Crippen LogP contribution in [0.4, 0.5) is 0 Å². The molecule has 0 aliphatic carbocycles. The number of benzene rings is 1. The van der Waals surface area contributed by atoms with Crippen LogP contribution in [0.25, 0.3) is 0 Å². The highest BCUT2D eigenvalue weighted by Crippen LogP contribution is 2.19. The van der Waals surface area contributed by atoms with E-state index >= 15 is 0 Å². The van der Waals surface area contributed by atoms with Crippen molar-refractivity contribution in [2.45, 2.75) is 13.5 Å². The Balaban J connectivity index is 2.08. The minimum atomic E-state index is -0.0882. The van der Waals surface area contributed by atoms with Crippen molar-refractivity contribution in [1.29, 1.82) is 0 Å². The predicted octanol–water partition coefficient (Wildman–Crippen LogP) is 4.24. The van der Waals surface area contributed by atoms with Crippen molar-refractivity contribution in [3.63, 3.8) is 0 Å². The molecule has 0 bridgehead atoms. The normalized spacial score (nSPS) is 10.4. The van der Waals surface area contributed by atoms with Gasteiger partial charge in [-0.15, -0.1) is 11.3 Å². The van der Waals surface area contributed by atoms with Gasteiger partial charge < -0.3 is 5.32 Å². The van der Waals surface area contributed by atoms with E-state index in [1.807, 2.05) is 18.4 Å². The minimum absolute atomic E-state index is 0.0882. The number of amides is 1. The lowest BCUT2D eigenvalue weighted by atomic mass is 10.2. The molecule has 0 saturated heterocycles. The Kier molecular flexibility index (Phi) is 4.64. The fraction of sp³-hybridized carbons (Fsp3) is 0.154. The molecule has 1 heterocycles. The highest BCUT2D eigenvalue weighted by atomic mass is 127. The van der Waals surface area contributed by atoms with Crippen molar-refractivity contribution in [2.75, 3.05) is 0 Å². The molecule has 0 unspecified atom stereocenters. The van der Waals surface area contributed by atoms with Crippen LogP contribution in [0.2, 0.25) is 5.02 Å². The van der Waals surface area contributed by atoms with Gasteiger partial charge >= 0.3 is 0 Å². The summed E-state index contributed by atoms with van der Waals surface area (Å²) in [6.07, 6.45) is 0. The van der Waals surface area contributed by atoms with Gasteiger partial charge in [0.2, 0.25) is 0 Å². The van der Waals surface area contributed by atoms with Gasteiger partial charge in [0.05, 0.1) is 12.1 Å². The Morgan fingerprint density at radius 3 is 2.89 bits per heavy atom. The van der Waals surface area contributed by atoms with Crippen molar-refractivity contribution in [3.05, 3.63) is 54.2 Å². The van der Waals surface area contributed by atoms with Crippen molar-refractivity contribution in [2.24, 2.45) is 0 Å². The largest absolute Gasteiger partial charge is 0.347 e. The van der Waals surface area contributed by atoms with Crippen molar-refractivity contribution >= 4 is 51.4 Å². The minimum Gasteiger partial charge on any atom is -0.347 e. The molecule has 94 valence electrons. The molecule has 2 nitrogen and oxygen atoms in total. The zero-order valence-corrected chi connectivity index (χ0v) is 13.4. The summed E-state index contributed by atoms with van der Waals surface area (Å²) in [5, 5.41) is 5.52. The van der Waals surface area contributed by atoms with E-state index in [1.54, 1.807) is 23.5 Å². The summed E-state index contributed by atoms with van der Waals surface area (Å²) < 4.78 is 0.900. The van der Waals surface area contributed by atoms with Crippen LogP contribution in [-0.2, 0) is 6.54 Å². The number of carbonyl (C=O) groups excluding carboxylic acids is 1. The van der Waals surface area contributed by atoms with Gasteiger partial charge in [0, 0.05) is 13.5 Å². The van der Waals surface area contributed by atoms with Crippen LogP contribution < -0.4 is 5.32 Å². The number of rotatable bonds is 3. The van der Waals surface area contributed by atoms with Gasteiger partial charge in [0.25, 0.3) is 5.91 Å². The molecule has 18 heavy (non-hydrogen) atoms. The maximum Gasteiger partial charge on any atom is 0.252 e. The molecule has 2 aromatic rings. The highest BCUT2D eigenvalue weighted by molar-refractivity contribution is 14.1. The summed E-state index contributed by atoms with van der Waals surface area (Å²) in [6.45, 7) is 2.60. The molecule has 0 aliphatic rings. The van der Waals surface area contributed by atoms with E-state index in [4.69, 9.17) is 11.6 Å². The average molecular weight is 392 g/mol. The third-order valence-corrected chi connectivity index (χ3v) is 4.75. The number of carbonyl (C=O) groups is 1. The van der Waals surface area contributed by atoms with E-state index in [0.717, 1.165) is 3.57 Å². The molecule has 2 rings (SSSR count). The molecular formula is C13H11ClINOS. The smallest absolute Gasteiger partial charge is 0.252 e. The molecule has 1 N–H and O–H groups in total. The second-order valence-electron chi connectivity index (χ2n) is 3.83. The molecule has 1 amide bonds. The first kappa shape index (κ1) is 13.8. The summed E-state index contributed by atoms with van der Waals surface area (Å²) in [5.74, 6) is -0.0882. The van der Waals surface area contributed by atoms with Crippen molar-refractivity contribution in [3.8, 4) is 0 Å². The molecule has 0 fully saturated rings. The SMILES string of the molecule is Cc1ccsc1CNC(=O)c1cc(Cl)ccc1I. The fourth-order valence-corrected chi connectivity index (χ4v) is 3.11. The zero-order chi connectivity index (χ0) is 13.1. The van der Waals surface area contributed by atoms with Crippen LogP contribution in [0.3, 0.4) is 0 Å². The average Bonchev–Trinajstić information content (AvgIpc) is 2.75. The molecule has 0 saturated carbocycles. The Hall–Kier alpha value is -0.590. The first-order valence-corrected chi connectivity index (χ1v) is 7.68. The van der Waals surface area contributed by atoms with Crippen molar-refractivity contribution < 1.29 is 4.79 Å². The quantitative estimate of drug-likeness (QED) is 0.779. The number of hydrogen-bond donors (Lipinski definition) is 1. The van der Waals surface area contributed by atoms with E-state index < -0.39 is 0 Å². The van der Waals surface area contributed by atoms with Gasteiger partial charge in [-0.1, -0.05) is 11.6 Å². The molecule has 1 aromatic carbocycles. The Labute approximate surface area is 129 Å². The second kappa shape index (κ2) is 6.04. The topological polar surface area (TPSA) is 29.1 Å². The van der Waals surface area contributed by atoms with Crippen LogP contribution in [0.5, 0.6) is 0 Å². The van der Waals surface area contributed by atoms with Gasteiger partial charge in [-0.3, -0.25) is 4.79 Å². The number of thiophene rings is 1. The highest BCUT2D eigenvalue weighted by Gasteiger charge is 2.11. The number of aryl methyl sites for hydroxylation is 1. The molecular weight excluding hydrogens is 381 g/mol. The first-order valence-electron chi connectivity index (χ1n) is 5.34. The third-order valence-electron chi connectivity index (χ3n) is 2.55. The van der Waals surface area contributed by atoms with Crippen LogP contribution >= 0.6 is 45.5 Å². The third kappa shape index (κ3) is 3.24. The Morgan fingerprint density at radius 2 is 2.22 bits per heavy atom. The molecule has 0 aliphatic heterocycles. The van der Waals surface area contributed by atoms with E-state index in [1.165, 1.54) is 10.4 Å². The number of nitrogens with one attached hydrogen (secondary N) is 1. The van der Waals surface area contributed by atoms with E-state index in [2.05, 4.69) is 34.0 Å². The molecule has 1 aromatic heterocycles. The summed E-state index contributed by atoms with van der Waals surface area (Å²) in [5.41, 5.74) is 1.83. The maximum absolute atomic E-state index is 12.1. The summed E-state index contributed by atoms with van der Waals surface area (Å²) in [4.78, 5) is 13.2. The van der Waals surface area contributed by atoms with Crippen LogP contribution in [0, 0.1) is 10.5 Å². The summed E-state index contributed by atoms with van der Waals surface area (Å²) >= 11 is 9.69. The number of hydrogen-bond acceptors (Lipinski definition) is 2. The van der Waals surface area contributed by atoms with E-state index in [0.29, 0.717) is 17.1 Å². The first-order chi connectivity index (χ1) is 8.58. The lowest BCUT2D eigenvalue weighted by Gasteiger charge is -2.07. The second-order valence-corrected chi connectivity index (χ2v) is 6.43. The van der Waals surface area contributed by atoms with Gasteiger partial charge in [-0.2, -0.15) is 0 Å². The van der Waals surface area contributed by atoms with Crippen LogP contribution in [0.1, 0.15) is 20.8 Å². The Morgan fingerprint density at radius 1 is 1.44 bits per heavy atom. The zero-order valence-electron chi connectivity index (χ0n) is 9.67. The molecule has 0 radical (unpaired) electrons. The van der Waals surface area contributed by atoms with Crippen LogP contribution in [0.15, 0.2) is 29.6 Å². The molecule has 5 heteroatoms. The van der Waals surface area contributed by atoms with Crippen molar-refractivity contribution in [1.82, 2.24) is 5.32 Å². The van der Waals surface area contributed by atoms with Crippen LogP contribution in [-0.4, -0.2) is 5.91 Å². The van der Waals surface area contributed by atoms with E-state index in [9.17, 15) is 4.79 Å². The standard InChI is InChI=1S/C13H11ClINOS/c1-8-4-5-18-12(8)7-16-13(17)10-6-9(14)2-3-11(10)15/h2-6H,7H2,1H3,(H,16,17). The number of halogens is 2. The molecule has 0 atom stereocenters. The summed E-state index contributed by atoms with van der Waals surface area (Å²) in [6, 6.07) is 7.37. The summed E-state index contributed by atoms with van der Waals surface area (Å²) in [7, 11) is 0. The van der Waals surface area contributed by atoms with Gasteiger partial charge in [-0.05, 0) is 64.7 Å². The molecule has 0 spiro atoms. The Bertz CT molecular complexity index is 582. The fourth-order valence-electron chi connectivity index (χ4n) is 1.51.